The highest BCUT2D eigenvalue weighted by molar-refractivity contribution is 7.92. The molecule has 2 N–H and O–H groups in total. The van der Waals surface area contributed by atoms with Crippen LogP contribution in [0.25, 0.3) is 5.57 Å². The number of thiazole rings is 1. The zero-order chi connectivity index (χ0) is 24.1. The maximum absolute atomic E-state index is 14.9. The predicted octanol–water partition coefficient (Wildman–Crippen LogP) is 5.59. The first kappa shape index (κ1) is 24.7. The summed E-state index contributed by atoms with van der Waals surface area (Å²) in [6.07, 6.45) is 4.13. The van der Waals surface area contributed by atoms with Gasteiger partial charge in [-0.15, -0.1) is 11.3 Å². The van der Waals surface area contributed by atoms with Crippen LogP contribution >= 0.6 is 22.9 Å². The van der Waals surface area contributed by atoms with Gasteiger partial charge in [-0.05, 0) is 36.6 Å². The molecule has 2 aromatic carbocycles. The number of benzene rings is 2. The molecule has 6 nitrogen and oxygen atoms in total. The summed E-state index contributed by atoms with van der Waals surface area (Å²) in [7, 11) is -4.19. The highest BCUT2D eigenvalue weighted by Gasteiger charge is 2.30. The molecule has 180 valence electrons. The summed E-state index contributed by atoms with van der Waals surface area (Å²) in [4.78, 5) is 3.30. The van der Waals surface area contributed by atoms with Gasteiger partial charge in [-0.1, -0.05) is 54.9 Å². The number of hydrogen-bond donors (Lipinski definition) is 2. The lowest BCUT2D eigenvalue weighted by Crippen LogP contribution is -2.41. The van der Waals surface area contributed by atoms with Gasteiger partial charge in [-0.3, -0.25) is 4.72 Å². The van der Waals surface area contributed by atoms with E-state index in [4.69, 9.17) is 16.3 Å². The van der Waals surface area contributed by atoms with Crippen LogP contribution in [0.1, 0.15) is 25.3 Å². The van der Waals surface area contributed by atoms with Crippen LogP contribution in [0, 0.1) is 11.7 Å². The number of aromatic nitrogens is 1. The van der Waals surface area contributed by atoms with Crippen molar-refractivity contribution < 1.29 is 17.5 Å². The maximum Gasteiger partial charge on any atom is 0.266 e. The third kappa shape index (κ3) is 5.60. The number of halogens is 2. The summed E-state index contributed by atoms with van der Waals surface area (Å²) < 4.78 is 48.3. The molecule has 10 heteroatoms. The standard InChI is InChI=1S/C24H25ClFN3O3S2/c1-2-27-21-10-6-9-17(16-7-4-3-5-8-16)18(21)13-32-22-12-20(26)23(11-19(22)25)34(30,31)29-24-14-33-15-28-24/h3-5,7-9,11-12,14-15,18,21,27,29H,2,6,10,13H2,1H3/t18?,21-/m1/s1. The first-order valence-corrected chi connectivity index (χ1v) is 13.7. The first-order chi connectivity index (χ1) is 16.4. The van der Waals surface area contributed by atoms with Crippen molar-refractivity contribution in [1.82, 2.24) is 10.3 Å². The molecular formula is C24H25ClFN3O3S2. The molecule has 0 saturated carbocycles. The van der Waals surface area contributed by atoms with E-state index in [0.717, 1.165) is 37.1 Å². The van der Waals surface area contributed by atoms with Crippen LogP contribution in [0.5, 0.6) is 5.75 Å². The third-order valence-corrected chi connectivity index (χ3v) is 7.92. The Morgan fingerprint density at radius 1 is 1.26 bits per heavy atom. The number of allylic oxidation sites excluding steroid dienone is 1. The highest BCUT2D eigenvalue weighted by Crippen LogP contribution is 2.36. The molecule has 0 fully saturated rings. The average molecular weight is 522 g/mol. The van der Waals surface area contributed by atoms with Gasteiger partial charge in [0.15, 0.2) is 5.82 Å². The van der Waals surface area contributed by atoms with Gasteiger partial charge in [0.25, 0.3) is 10.0 Å². The van der Waals surface area contributed by atoms with Gasteiger partial charge in [0.1, 0.15) is 16.5 Å². The van der Waals surface area contributed by atoms with Gasteiger partial charge in [0.2, 0.25) is 0 Å². The van der Waals surface area contributed by atoms with Crippen LogP contribution < -0.4 is 14.8 Å². The number of rotatable bonds is 9. The van der Waals surface area contributed by atoms with E-state index in [-0.39, 0.29) is 35.2 Å². The Balaban J connectivity index is 1.56. The second kappa shape index (κ2) is 10.9. The molecule has 0 saturated heterocycles. The van der Waals surface area contributed by atoms with Crippen LogP contribution in [-0.4, -0.2) is 32.6 Å². The fraction of sp³-hybridized carbons (Fsp3) is 0.292. The minimum Gasteiger partial charge on any atom is -0.491 e. The predicted molar refractivity (Wildman–Crippen MR) is 134 cm³/mol. The molecule has 4 rings (SSSR count). The Morgan fingerprint density at radius 2 is 2.06 bits per heavy atom. The van der Waals surface area contributed by atoms with Crippen LogP contribution in [0.2, 0.25) is 5.02 Å². The van der Waals surface area contributed by atoms with E-state index in [1.165, 1.54) is 27.8 Å². The number of sulfonamides is 1. The molecule has 0 aliphatic heterocycles. The van der Waals surface area contributed by atoms with E-state index in [0.29, 0.717) is 0 Å². The lowest BCUT2D eigenvalue weighted by molar-refractivity contribution is 0.236. The number of nitrogens with zero attached hydrogens (tertiary/aromatic N) is 1. The molecule has 0 radical (unpaired) electrons. The van der Waals surface area contributed by atoms with E-state index in [2.05, 4.69) is 40.2 Å². The second-order valence-electron chi connectivity index (χ2n) is 7.88. The van der Waals surface area contributed by atoms with Crippen LogP contribution in [0.4, 0.5) is 10.2 Å². The quantitative estimate of drug-likeness (QED) is 0.384. The van der Waals surface area contributed by atoms with E-state index in [9.17, 15) is 12.8 Å². The topological polar surface area (TPSA) is 80.3 Å². The van der Waals surface area contributed by atoms with E-state index >= 15 is 0 Å². The number of nitrogens with one attached hydrogen (secondary N) is 2. The minimum absolute atomic E-state index is 0.0149. The molecule has 3 aromatic rings. The normalized spacial score (nSPS) is 18.4. The van der Waals surface area contributed by atoms with E-state index in [1.54, 1.807) is 0 Å². The number of ether oxygens (including phenoxy) is 1. The molecule has 1 aliphatic carbocycles. The fourth-order valence-electron chi connectivity index (χ4n) is 4.12. The second-order valence-corrected chi connectivity index (χ2v) is 10.7. The highest BCUT2D eigenvalue weighted by atomic mass is 35.5. The molecule has 1 aromatic heterocycles. The molecule has 0 spiro atoms. The summed E-state index contributed by atoms with van der Waals surface area (Å²) >= 11 is 7.55. The van der Waals surface area contributed by atoms with Gasteiger partial charge in [-0.2, -0.15) is 0 Å². The van der Waals surface area contributed by atoms with Crippen molar-refractivity contribution in [2.45, 2.75) is 30.7 Å². The van der Waals surface area contributed by atoms with Crippen molar-refractivity contribution in [1.29, 1.82) is 0 Å². The lowest BCUT2D eigenvalue weighted by Gasteiger charge is -2.33. The largest absolute Gasteiger partial charge is 0.491 e. The molecule has 1 unspecified atom stereocenters. The van der Waals surface area contributed by atoms with E-state index < -0.39 is 20.7 Å². The summed E-state index contributed by atoms with van der Waals surface area (Å²) in [6, 6.07) is 12.4. The van der Waals surface area contributed by atoms with E-state index in [1.807, 2.05) is 18.2 Å². The fourth-order valence-corrected chi connectivity index (χ4v) is 6.05. The summed E-state index contributed by atoms with van der Waals surface area (Å²) in [5, 5.41) is 5.05. The van der Waals surface area contributed by atoms with Gasteiger partial charge in [0, 0.05) is 23.4 Å². The molecule has 2 atom stereocenters. The van der Waals surface area contributed by atoms with Crippen LogP contribution in [0.15, 0.2) is 64.3 Å². The zero-order valence-corrected chi connectivity index (χ0v) is 20.9. The van der Waals surface area contributed by atoms with Crippen molar-refractivity contribution in [2.24, 2.45) is 5.92 Å². The lowest BCUT2D eigenvalue weighted by atomic mass is 9.80. The smallest absolute Gasteiger partial charge is 0.266 e. The van der Waals surface area contributed by atoms with Crippen molar-refractivity contribution in [3.63, 3.8) is 0 Å². The number of anilines is 1. The third-order valence-electron chi connectivity index (χ3n) is 5.67. The number of hydrogen-bond acceptors (Lipinski definition) is 6. The monoisotopic (exact) mass is 521 g/mol. The Morgan fingerprint density at radius 3 is 2.76 bits per heavy atom. The van der Waals surface area contributed by atoms with Gasteiger partial charge in [-0.25, -0.2) is 17.8 Å². The molecule has 0 amide bonds. The Kier molecular flexibility index (Phi) is 7.88. The van der Waals surface area contributed by atoms with Crippen molar-refractivity contribution in [3.05, 3.63) is 75.8 Å². The summed E-state index contributed by atoms with van der Waals surface area (Å²) in [6.45, 7) is 3.14. The Hall–Kier alpha value is -2.46. The van der Waals surface area contributed by atoms with Gasteiger partial charge >= 0.3 is 0 Å². The molecule has 0 bridgehead atoms. The van der Waals surface area contributed by atoms with Gasteiger partial charge in [0.05, 0.1) is 17.1 Å². The summed E-state index contributed by atoms with van der Waals surface area (Å²) in [5.74, 6) is -0.717. The Labute approximate surface area is 207 Å². The van der Waals surface area contributed by atoms with Crippen molar-refractivity contribution >= 4 is 44.4 Å². The maximum atomic E-state index is 14.9. The van der Waals surface area contributed by atoms with Crippen LogP contribution in [0.3, 0.4) is 0 Å². The molecule has 1 heterocycles. The van der Waals surface area contributed by atoms with Crippen LogP contribution in [-0.2, 0) is 10.0 Å². The Bertz CT molecular complexity index is 1250. The average Bonchev–Trinajstić information content (AvgIpc) is 3.33. The molecule has 1 aliphatic rings. The minimum atomic E-state index is -4.19. The van der Waals surface area contributed by atoms with Crippen molar-refractivity contribution in [3.8, 4) is 5.75 Å². The van der Waals surface area contributed by atoms with Gasteiger partial charge < -0.3 is 10.1 Å². The zero-order valence-electron chi connectivity index (χ0n) is 18.5. The molecule has 34 heavy (non-hydrogen) atoms. The van der Waals surface area contributed by atoms with Crippen molar-refractivity contribution in [2.75, 3.05) is 17.9 Å². The summed E-state index contributed by atoms with van der Waals surface area (Å²) in [5.41, 5.74) is 3.76. The SMILES string of the molecule is CCN[C@@H]1CCC=C(c2ccccc2)C1COc1cc(F)c(S(=O)(=O)Nc2cscn2)cc1Cl. The molecular weight excluding hydrogens is 497 g/mol. The first-order valence-electron chi connectivity index (χ1n) is 10.9.